The van der Waals surface area contributed by atoms with Gasteiger partial charge in [0.2, 0.25) is 0 Å². The molecular formula is C11H9ClF3N3. The summed E-state index contributed by atoms with van der Waals surface area (Å²) < 4.78 is 39.2. The molecular weight excluding hydrogens is 267 g/mol. The van der Waals surface area contributed by atoms with Gasteiger partial charge < -0.3 is 0 Å². The number of aryl methyl sites for hydroxylation is 1. The molecule has 3 nitrogen and oxygen atoms in total. The van der Waals surface area contributed by atoms with E-state index in [2.05, 4.69) is 10.3 Å². The van der Waals surface area contributed by atoms with Crippen molar-refractivity contribution in [1.82, 2.24) is 15.0 Å². The van der Waals surface area contributed by atoms with Gasteiger partial charge in [-0.15, -0.1) is 16.7 Å². The highest BCUT2D eigenvalue weighted by Gasteiger charge is 2.31. The van der Waals surface area contributed by atoms with Crippen LogP contribution in [-0.2, 0) is 12.1 Å². The smallest absolute Gasteiger partial charge is 0.220 e. The Morgan fingerprint density at radius 2 is 2.06 bits per heavy atom. The van der Waals surface area contributed by atoms with Crippen molar-refractivity contribution in [1.29, 1.82) is 0 Å². The van der Waals surface area contributed by atoms with Crippen LogP contribution in [0.5, 0.6) is 0 Å². The lowest BCUT2D eigenvalue weighted by Gasteiger charge is -2.10. The average Bonchev–Trinajstić information content (AvgIpc) is 2.76. The molecule has 0 atom stereocenters. The Morgan fingerprint density at radius 1 is 1.33 bits per heavy atom. The number of hydrogen-bond acceptors (Lipinski definition) is 2. The monoisotopic (exact) mass is 275 g/mol. The summed E-state index contributed by atoms with van der Waals surface area (Å²) in [4.78, 5) is 0. The Kier molecular flexibility index (Phi) is 3.30. The maximum atomic E-state index is 12.6. The fourth-order valence-corrected chi connectivity index (χ4v) is 1.63. The molecule has 0 amide bonds. The molecule has 2 rings (SSSR count). The second-order valence-electron chi connectivity index (χ2n) is 3.79. The molecule has 0 saturated carbocycles. The number of halogens is 4. The predicted molar refractivity (Wildman–Crippen MR) is 60.7 cm³/mol. The van der Waals surface area contributed by atoms with Gasteiger partial charge in [0, 0.05) is 0 Å². The molecule has 0 unspecified atom stereocenters. The molecule has 0 aliphatic rings. The lowest BCUT2D eigenvalue weighted by molar-refractivity contribution is -0.137. The first kappa shape index (κ1) is 12.9. The molecule has 0 radical (unpaired) electrons. The standard InChI is InChI=1S/C11H9ClF3N3/c1-7-2-3-8(11(13,14)15)4-10(7)18-6-9(5-12)16-17-18/h2-4,6H,5H2,1H3. The molecule has 0 N–H and O–H groups in total. The zero-order valence-corrected chi connectivity index (χ0v) is 10.1. The minimum absolute atomic E-state index is 0.165. The number of rotatable bonds is 2. The maximum absolute atomic E-state index is 12.6. The first-order valence-electron chi connectivity index (χ1n) is 5.07. The third-order valence-corrected chi connectivity index (χ3v) is 2.73. The molecule has 0 aliphatic carbocycles. The molecule has 96 valence electrons. The Bertz CT molecular complexity index is 563. The van der Waals surface area contributed by atoms with E-state index in [1.54, 1.807) is 6.92 Å². The summed E-state index contributed by atoms with van der Waals surface area (Å²) in [5, 5.41) is 7.50. The zero-order chi connectivity index (χ0) is 13.3. The maximum Gasteiger partial charge on any atom is 0.416 e. The second kappa shape index (κ2) is 4.61. The molecule has 1 aromatic carbocycles. The summed E-state index contributed by atoms with van der Waals surface area (Å²) in [6.07, 6.45) is -2.87. The van der Waals surface area contributed by atoms with Crippen LogP contribution in [0.25, 0.3) is 5.69 Å². The highest BCUT2D eigenvalue weighted by molar-refractivity contribution is 6.16. The van der Waals surface area contributed by atoms with E-state index in [0.29, 0.717) is 16.9 Å². The Balaban J connectivity index is 2.49. The van der Waals surface area contributed by atoms with E-state index < -0.39 is 11.7 Å². The largest absolute Gasteiger partial charge is 0.416 e. The molecule has 0 saturated heterocycles. The first-order chi connectivity index (χ1) is 8.41. The van der Waals surface area contributed by atoms with E-state index in [1.165, 1.54) is 16.9 Å². The average molecular weight is 276 g/mol. The van der Waals surface area contributed by atoms with E-state index >= 15 is 0 Å². The molecule has 2 aromatic rings. The van der Waals surface area contributed by atoms with Gasteiger partial charge in [0.15, 0.2) is 0 Å². The number of aromatic nitrogens is 3. The summed E-state index contributed by atoms with van der Waals surface area (Å²) in [7, 11) is 0. The van der Waals surface area contributed by atoms with Crippen molar-refractivity contribution in [3.05, 3.63) is 41.2 Å². The lowest BCUT2D eigenvalue weighted by Crippen LogP contribution is -2.07. The quantitative estimate of drug-likeness (QED) is 0.787. The van der Waals surface area contributed by atoms with Gasteiger partial charge in [-0.25, -0.2) is 4.68 Å². The Labute approximate surface area is 106 Å². The van der Waals surface area contributed by atoms with Gasteiger partial charge in [0.25, 0.3) is 0 Å². The van der Waals surface area contributed by atoms with Crippen LogP contribution in [-0.4, -0.2) is 15.0 Å². The van der Waals surface area contributed by atoms with E-state index in [9.17, 15) is 13.2 Å². The number of hydrogen-bond donors (Lipinski definition) is 0. The van der Waals surface area contributed by atoms with Gasteiger partial charge in [-0.2, -0.15) is 13.2 Å². The van der Waals surface area contributed by atoms with Crippen molar-refractivity contribution in [2.75, 3.05) is 0 Å². The SMILES string of the molecule is Cc1ccc(C(F)(F)F)cc1-n1cc(CCl)nn1. The molecule has 0 bridgehead atoms. The number of nitrogens with zero attached hydrogens (tertiary/aromatic N) is 3. The van der Waals surface area contributed by atoms with Crippen LogP contribution in [0.1, 0.15) is 16.8 Å². The van der Waals surface area contributed by atoms with Crippen LogP contribution in [0, 0.1) is 6.92 Å². The predicted octanol–water partition coefficient (Wildman–Crippen LogP) is 3.33. The van der Waals surface area contributed by atoms with Crippen molar-refractivity contribution in [2.45, 2.75) is 19.0 Å². The van der Waals surface area contributed by atoms with Gasteiger partial charge in [0.05, 0.1) is 29.0 Å². The summed E-state index contributed by atoms with van der Waals surface area (Å²) >= 11 is 5.58. The molecule has 1 aromatic heterocycles. The summed E-state index contributed by atoms with van der Waals surface area (Å²) in [6.45, 7) is 1.71. The van der Waals surface area contributed by atoms with Crippen molar-refractivity contribution in [3.63, 3.8) is 0 Å². The van der Waals surface area contributed by atoms with Crippen molar-refractivity contribution >= 4 is 11.6 Å². The number of alkyl halides is 4. The minimum Gasteiger partial charge on any atom is -0.220 e. The van der Waals surface area contributed by atoms with Crippen LogP contribution in [0.15, 0.2) is 24.4 Å². The Hall–Kier alpha value is -1.56. The second-order valence-corrected chi connectivity index (χ2v) is 4.05. The van der Waals surface area contributed by atoms with Crippen LogP contribution >= 0.6 is 11.6 Å². The zero-order valence-electron chi connectivity index (χ0n) is 9.37. The van der Waals surface area contributed by atoms with Gasteiger partial charge in [0.1, 0.15) is 0 Å². The molecule has 0 fully saturated rings. The third kappa shape index (κ3) is 2.48. The van der Waals surface area contributed by atoms with E-state index in [-0.39, 0.29) is 5.88 Å². The molecule has 7 heteroatoms. The summed E-state index contributed by atoms with van der Waals surface area (Å²) in [5.74, 6) is 0.165. The first-order valence-corrected chi connectivity index (χ1v) is 5.60. The van der Waals surface area contributed by atoms with Gasteiger partial charge in [-0.05, 0) is 24.6 Å². The van der Waals surface area contributed by atoms with E-state index in [0.717, 1.165) is 12.1 Å². The molecule has 18 heavy (non-hydrogen) atoms. The van der Waals surface area contributed by atoms with Crippen LogP contribution in [0.4, 0.5) is 13.2 Å². The van der Waals surface area contributed by atoms with Crippen molar-refractivity contribution < 1.29 is 13.2 Å². The normalized spacial score (nSPS) is 11.8. The van der Waals surface area contributed by atoms with Crippen LogP contribution in [0.2, 0.25) is 0 Å². The van der Waals surface area contributed by atoms with E-state index in [1.807, 2.05) is 0 Å². The minimum atomic E-state index is -4.38. The highest BCUT2D eigenvalue weighted by atomic mass is 35.5. The topological polar surface area (TPSA) is 30.7 Å². The van der Waals surface area contributed by atoms with Crippen molar-refractivity contribution in [3.8, 4) is 5.69 Å². The van der Waals surface area contributed by atoms with Crippen LogP contribution in [0.3, 0.4) is 0 Å². The summed E-state index contributed by atoms with van der Waals surface area (Å²) in [5.41, 5.74) is 0.808. The molecule has 1 heterocycles. The fraction of sp³-hybridized carbons (Fsp3) is 0.273. The van der Waals surface area contributed by atoms with Crippen molar-refractivity contribution in [2.24, 2.45) is 0 Å². The van der Waals surface area contributed by atoms with E-state index in [4.69, 9.17) is 11.6 Å². The van der Waals surface area contributed by atoms with Gasteiger partial charge in [-0.3, -0.25) is 0 Å². The van der Waals surface area contributed by atoms with Gasteiger partial charge in [-0.1, -0.05) is 11.3 Å². The summed E-state index contributed by atoms with van der Waals surface area (Å²) in [6, 6.07) is 3.49. The fourth-order valence-electron chi connectivity index (χ4n) is 1.51. The Morgan fingerprint density at radius 3 is 2.61 bits per heavy atom. The molecule has 0 aliphatic heterocycles. The highest BCUT2D eigenvalue weighted by Crippen LogP contribution is 2.31. The third-order valence-electron chi connectivity index (χ3n) is 2.46. The number of benzene rings is 1. The van der Waals surface area contributed by atoms with Crippen LogP contribution < -0.4 is 0 Å². The lowest BCUT2D eigenvalue weighted by atomic mass is 10.1. The van der Waals surface area contributed by atoms with Gasteiger partial charge >= 0.3 is 6.18 Å². The molecule has 0 spiro atoms.